The molecule has 2 aromatic rings. The van der Waals surface area contributed by atoms with Crippen LogP contribution in [-0.4, -0.2) is 72.3 Å². The molecule has 4 amide bonds. The first kappa shape index (κ1) is 25.4. The highest BCUT2D eigenvalue weighted by Crippen LogP contribution is 2.26. The first-order valence-corrected chi connectivity index (χ1v) is 12.3. The predicted octanol–water partition coefficient (Wildman–Crippen LogP) is 2.86. The molecular weight excluding hydrogens is 491 g/mol. The molecule has 2 atom stereocenters. The number of nitrogens with zero attached hydrogens (tertiary/aromatic N) is 2. The lowest BCUT2D eigenvalue weighted by atomic mass is 10.1. The van der Waals surface area contributed by atoms with E-state index in [4.69, 9.17) is 18.5 Å². The third kappa shape index (κ3) is 6.31. The van der Waals surface area contributed by atoms with Crippen molar-refractivity contribution in [1.29, 1.82) is 0 Å². The van der Waals surface area contributed by atoms with Crippen LogP contribution < -0.4 is 0 Å². The first-order chi connectivity index (χ1) is 17.4. The topological polar surface area (TPSA) is 129 Å². The number of ether oxygens (including phenoxy) is 2. The van der Waals surface area contributed by atoms with Crippen LogP contribution in [-0.2, 0) is 45.5 Å². The maximum absolute atomic E-state index is 12.5. The maximum Gasteiger partial charge on any atom is 0.698 e. The summed E-state index contributed by atoms with van der Waals surface area (Å²) in [6, 6.07) is 17.5. The van der Waals surface area contributed by atoms with Crippen LogP contribution in [0.1, 0.15) is 11.1 Å². The lowest BCUT2D eigenvalue weighted by Crippen LogP contribution is -2.42. The molecule has 188 valence electrons. The van der Waals surface area contributed by atoms with Crippen LogP contribution in [0.15, 0.2) is 60.7 Å². The van der Waals surface area contributed by atoms with E-state index >= 15 is 0 Å². The zero-order valence-corrected chi connectivity index (χ0v) is 20.1. The van der Waals surface area contributed by atoms with Crippen LogP contribution in [0.3, 0.4) is 0 Å². The van der Waals surface area contributed by atoms with Gasteiger partial charge in [0, 0.05) is 4.57 Å². The quantitative estimate of drug-likeness (QED) is 0.439. The van der Waals surface area contributed by atoms with Crippen LogP contribution in [0.25, 0.3) is 0 Å². The van der Waals surface area contributed by atoms with E-state index in [1.54, 1.807) is 0 Å². The predicted molar refractivity (Wildman–Crippen MR) is 124 cm³/mol. The van der Waals surface area contributed by atoms with Crippen molar-refractivity contribution in [3.63, 3.8) is 0 Å². The van der Waals surface area contributed by atoms with Gasteiger partial charge in [-0.1, -0.05) is 60.7 Å². The summed E-state index contributed by atoms with van der Waals surface area (Å²) in [6.45, 7) is -1.36. The molecule has 0 N–H and O–H groups in total. The largest absolute Gasteiger partial charge is 0.698 e. The minimum absolute atomic E-state index is 0.0344. The Morgan fingerprint density at radius 2 is 1.14 bits per heavy atom. The third-order valence-electron chi connectivity index (χ3n) is 5.67. The highest BCUT2D eigenvalue weighted by Gasteiger charge is 2.41. The average Bonchev–Trinajstić information content (AvgIpc) is 3.43. The van der Waals surface area contributed by atoms with Gasteiger partial charge in [0.2, 0.25) is 0 Å². The Labute approximate surface area is 207 Å². The molecule has 0 bridgehead atoms. The van der Waals surface area contributed by atoms with Crippen molar-refractivity contribution in [3.05, 3.63) is 71.8 Å². The molecule has 11 nitrogen and oxygen atoms in total. The monoisotopic (exact) mass is 515 g/mol. The highest BCUT2D eigenvalue weighted by atomic mass is 31.1. The van der Waals surface area contributed by atoms with Gasteiger partial charge in [0.1, 0.15) is 13.2 Å². The van der Waals surface area contributed by atoms with E-state index in [9.17, 15) is 23.7 Å². The second-order valence-corrected chi connectivity index (χ2v) is 9.10. The van der Waals surface area contributed by atoms with Crippen LogP contribution in [0.5, 0.6) is 0 Å². The van der Waals surface area contributed by atoms with Crippen LogP contribution in [0.2, 0.25) is 0 Å². The zero-order valence-electron chi connectivity index (χ0n) is 19.2. The molecule has 2 fully saturated rings. The van der Waals surface area contributed by atoms with Gasteiger partial charge in [0.05, 0.1) is 12.1 Å². The van der Waals surface area contributed by atoms with Crippen molar-refractivity contribution in [2.24, 2.45) is 0 Å². The Morgan fingerprint density at radius 1 is 0.750 bits per heavy atom. The van der Waals surface area contributed by atoms with Gasteiger partial charge in [-0.25, -0.2) is 19.4 Å². The van der Waals surface area contributed by atoms with E-state index in [2.05, 4.69) is 0 Å². The molecule has 0 radical (unpaired) electrons. The molecule has 4 rings (SSSR count). The number of benzene rings is 2. The fraction of sp³-hybridized carbons (Fsp3) is 0.333. The van der Waals surface area contributed by atoms with E-state index in [0.717, 1.165) is 20.9 Å². The number of amides is 4. The van der Waals surface area contributed by atoms with Crippen molar-refractivity contribution in [1.82, 2.24) is 9.80 Å². The summed E-state index contributed by atoms with van der Waals surface area (Å²) >= 11 is 0. The first-order valence-electron chi connectivity index (χ1n) is 11.2. The maximum atomic E-state index is 12.5. The summed E-state index contributed by atoms with van der Waals surface area (Å²) in [5.41, 5.74) is 1.83. The van der Waals surface area contributed by atoms with Crippen molar-refractivity contribution >= 4 is 32.3 Å². The summed E-state index contributed by atoms with van der Waals surface area (Å²) < 4.78 is 32.0. The summed E-state index contributed by atoms with van der Waals surface area (Å²) in [6.07, 6.45) is -0.836. The van der Waals surface area contributed by atoms with Gasteiger partial charge in [-0.3, -0.25) is 9.59 Å². The normalized spacial score (nSPS) is 19.2. The van der Waals surface area contributed by atoms with E-state index in [-0.39, 0.29) is 13.2 Å². The second-order valence-electron chi connectivity index (χ2n) is 8.14. The molecule has 0 aromatic heterocycles. The van der Waals surface area contributed by atoms with E-state index in [1.807, 2.05) is 60.7 Å². The SMILES string of the molecule is O=C(CO[P+](=O)OCC(=O)N1C(=O)OC[C@@H]1Cc1ccccc1)N1C(=O)OC[C@@H]1Cc1ccccc1. The van der Waals surface area contributed by atoms with E-state index < -0.39 is 57.6 Å². The zero-order chi connectivity index (χ0) is 25.5. The fourth-order valence-corrected chi connectivity index (χ4v) is 4.50. The molecule has 2 saturated heterocycles. The lowest BCUT2D eigenvalue weighted by molar-refractivity contribution is -0.131. The van der Waals surface area contributed by atoms with Crippen molar-refractivity contribution < 1.29 is 42.3 Å². The molecule has 0 spiro atoms. The lowest BCUT2D eigenvalue weighted by Gasteiger charge is -2.18. The summed E-state index contributed by atoms with van der Waals surface area (Å²) in [5, 5.41) is 0. The van der Waals surface area contributed by atoms with Gasteiger partial charge in [-0.15, -0.1) is 9.05 Å². The molecule has 2 heterocycles. The van der Waals surface area contributed by atoms with Crippen LogP contribution in [0, 0.1) is 0 Å². The van der Waals surface area contributed by atoms with Gasteiger partial charge >= 0.3 is 20.4 Å². The van der Waals surface area contributed by atoms with Crippen molar-refractivity contribution in [3.8, 4) is 0 Å². The standard InChI is InChI=1S/C24H24N2O9P/c27-21(25-19(13-32-23(25)29)11-17-7-3-1-4-8-17)15-34-36(31)35-16-22(28)26-20(14-33-24(26)30)12-18-9-5-2-6-10-18/h1-10,19-20H,11-16H2/q+1/t19-,20-/m0/s1. The van der Waals surface area contributed by atoms with Crippen LogP contribution >= 0.6 is 8.25 Å². The Hall–Kier alpha value is -3.66. The molecule has 0 unspecified atom stereocenters. The Balaban J connectivity index is 1.25. The highest BCUT2D eigenvalue weighted by molar-refractivity contribution is 7.33. The summed E-state index contributed by atoms with van der Waals surface area (Å²) in [7, 11) is -2.88. The number of cyclic esters (lactones) is 2. The van der Waals surface area contributed by atoms with Gasteiger partial charge in [-0.2, -0.15) is 0 Å². The van der Waals surface area contributed by atoms with Crippen LogP contribution in [0.4, 0.5) is 9.59 Å². The number of carbonyl (C=O) groups is 4. The van der Waals surface area contributed by atoms with Gasteiger partial charge in [0.25, 0.3) is 11.8 Å². The second kappa shape index (κ2) is 11.9. The average molecular weight is 515 g/mol. The number of hydrogen-bond acceptors (Lipinski definition) is 9. The minimum atomic E-state index is -2.88. The summed E-state index contributed by atoms with van der Waals surface area (Å²) in [5.74, 6) is -1.49. The Morgan fingerprint density at radius 3 is 1.53 bits per heavy atom. The molecular formula is C24H24N2O9P+. The van der Waals surface area contributed by atoms with Gasteiger partial charge in [-0.05, 0) is 24.0 Å². The fourth-order valence-electron chi connectivity index (χ4n) is 4.00. The molecule has 2 aliphatic rings. The molecule has 2 aliphatic heterocycles. The molecule has 0 saturated carbocycles. The van der Waals surface area contributed by atoms with Crippen molar-refractivity contribution in [2.45, 2.75) is 24.9 Å². The molecule has 36 heavy (non-hydrogen) atoms. The van der Waals surface area contributed by atoms with Crippen molar-refractivity contribution in [2.75, 3.05) is 26.4 Å². The Bertz CT molecular complexity index is 1040. The number of hydrogen-bond donors (Lipinski definition) is 0. The Kier molecular flexibility index (Phi) is 8.37. The number of rotatable bonds is 10. The number of imide groups is 2. The van der Waals surface area contributed by atoms with Gasteiger partial charge < -0.3 is 9.47 Å². The van der Waals surface area contributed by atoms with E-state index in [0.29, 0.717) is 12.8 Å². The molecule has 2 aromatic carbocycles. The molecule has 12 heteroatoms. The third-order valence-corrected chi connectivity index (χ3v) is 6.35. The smallest absolute Gasteiger partial charge is 0.447 e. The van der Waals surface area contributed by atoms with Gasteiger partial charge in [0.15, 0.2) is 13.2 Å². The summed E-state index contributed by atoms with van der Waals surface area (Å²) in [4.78, 5) is 51.0. The minimum Gasteiger partial charge on any atom is -0.447 e. The van der Waals surface area contributed by atoms with E-state index in [1.165, 1.54) is 0 Å². The number of carbonyl (C=O) groups excluding carboxylic acids is 4. The molecule has 0 aliphatic carbocycles.